The summed E-state index contributed by atoms with van der Waals surface area (Å²) in [6, 6.07) is -0.807. The molecule has 1 amide bonds. The number of carbonyl (C=O) groups excluding carboxylic acids is 2. The quantitative estimate of drug-likeness (QED) is 0.0195. The number of nitrogens with one attached hydrogen (secondary N) is 1. The molecule has 482 valence electrons. The summed E-state index contributed by atoms with van der Waals surface area (Å²) >= 11 is 0. The van der Waals surface area contributed by atoms with Crippen molar-refractivity contribution in [2.45, 2.75) is 384 Å². The third-order valence-corrected chi connectivity index (χ3v) is 16.7. The van der Waals surface area contributed by atoms with Gasteiger partial charge in [-0.2, -0.15) is 0 Å². The van der Waals surface area contributed by atoms with E-state index in [0.717, 1.165) is 57.8 Å². The Bertz CT molecular complexity index is 1460. The fraction of sp³-hybridized carbons (Fsp3) is 0.887. The second-order valence-electron chi connectivity index (χ2n) is 24.6. The van der Waals surface area contributed by atoms with Crippen molar-refractivity contribution in [3.63, 3.8) is 0 Å². The Balaban J connectivity index is 1.92. The summed E-state index contributed by atoms with van der Waals surface area (Å²) in [5.41, 5.74) is 0. The van der Waals surface area contributed by atoms with E-state index < -0.39 is 49.5 Å². The molecule has 0 aromatic heterocycles. The predicted octanol–water partition coefficient (Wildman–Crippen LogP) is 17.8. The molecule has 0 aromatic rings. The average molecular weight is 1160 g/mol. The van der Waals surface area contributed by atoms with Crippen LogP contribution >= 0.6 is 0 Å². The molecular formula is C71H133NO10. The van der Waals surface area contributed by atoms with Crippen molar-refractivity contribution in [2.75, 3.05) is 19.8 Å². The Morgan fingerprint density at radius 1 is 0.451 bits per heavy atom. The van der Waals surface area contributed by atoms with Crippen LogP contribution in [-0.4, -0.2) is 100 Å². The predicted molar refractivity (Wildman–Crippen MR) is 343 cm³/mol. The number of hydrogen-bond donors (Lipinski definition) is 6. The first kappa shape index (κ1) is 77.9. The largest absolute Gasteiger partial charge is 0.466 e. The standard InChI is InChI=1S/C71H133NO10/c1-3-5-7-9-11-13-14-39-43-47-51-55-59-67(76)80-60-56-52-48-44-40-37-35-33-31-29-27-25-23-21-19-17-15-16-18-20-22-24-26-28-30-32-34-36-38-42-46-50-54-58-66(75)72-63(64(74)57-53-49-45-41-12-10-8-6-4-2)62-81-71-70(79)69(78)68(77)65(61-73)82-71/h19,21,25,27,53,57,63-65,68-71,73-74,77-79H,3-18,20,22-24,26,28-52,54-56,58-62H2,1-2H3,(H,72,75)/b21-19-,27-25-,57-53+. The van der Waals surface area contributed by atoms with Crippen LogP contribution in [0.2, 0.25) is 0 Å². The number of allylic oxidation sites excluding steroid dienone is 5. The van der Waals surface area contributed by atoms with Gasteiger partial charge in [0.05, 0.1) is 32.0 Å². The summed E-state index contributed by atoms with van der Waals surface area (Å²) in [5, 5.41) is 54.3. The molecule has 1 aliphatic heterocycles. The Morgan fingerprint density at radius 3 is 1.23 bits per heavy atom. The van der Waals surface area contributed by atoms with Gasteiger partial charge in [-0.15, -0.1) is 0 Å². The van der Waals surface area contributed by atoms with Crippen LogP contribution in [-0.2, 0) is 23.8 Å². The van der Waals surface area contributed by atoms with E-state index >= 15 is 0 Å². The monoisotopic (exact) mass is 1160 g/mol. The molecule has 0 radical (unpaired) electrons. The number of rotatable bonds is 62. The molecule has 1 aliphatic rings. The van der Waals surface area contributed by atoms with Crippen molar-refractivity contribution in [3.8, 4) is 0 Å². The van der Waals surface area contributed by atoms with Gasteiger partial charge in [0.1, 0.15) is 24.4 Å². The summed E-state index contributed by atoms with van der Waals surface area (Å²) < 4.78 is 16.7. The molecule has 0 spiro atoms. The minimum Gasteiger partial charge on any atom is -0.466 e. The minimum absolute atomic E-state index is 0.00777. The molecule has 0 bridgehead atoms. The number of ether oxygens (including phenoxy) is 3. The van der Waals surface area contributed by atoms with Crippen LogP contribution in [0.15, 0.2) is 36.5 Å². The van der Waals surface area contributed by atoms with Gasteiger partial charge in [0.15, 0.2) is 6.29 Å². The van der Waals surface area contributed by atoms with Gasteiger partial charge in [-0.25, -0.2) is 0 Å². The van der Waals surface area contributed by atoms with Crippen LogP contribution in [0.1, 0.15) is 341 Å². The fourth-order valence-electron chi connectivity index (χ4n) is 11.2. The van der Waals surface area contributed by atoms with E-state index in [-0.39, 0.29) is 18.5 Å². The Morgan fingerprint density at radius 2 is 0.817 bits per heavy atom. The molecule has 1 heterocycles. The number of aliphatic hydroxyl groups is 5. The van der Waals surface area contributed by atoms with Gasteiger partial charge in [-0.3, -0.25) is 9.59 Å². The summed E-state index contributed by atoms with van der Waals surface area (Å²) in [6.07, 6.45) is 67.3. The number of hydrogen-bond acceptors (Lipinski definition) is 10. The van der Waals surface area contributed by atoms with E-state index in [9.17, 15) is 35.1 Å². The highest BCUT2D eigenvalue weighted by molar-refractivity contribution is 5.76. The molecule has 82 heavy (non-hydrogen) atoms. The molecular weight excluding hydrogens is 1030 g/mol. The van der Waals surface area contributed by atoms with Gasteiger partial charge in [-0.1, -0.05) is 301 Å². The second-order valence-corrected chi connectivity index (χ2v) is 24.6. The maximum Gasteiger partial charge on any atom is 0.305 e. The third kappa shape index (κ3) is 49.0. The van der Waals surface area contributed by atoms with Crippen LogP contribution < -0.4 is 5.32 Å². The SMILES string of the molecule is CCCCCCCCC/C=C/C(O)C(COC1OC(CO)C(O)C(O)C1O)NC(=O)CCCCCCCCCCCCCCCCCCC/C=C\C/C=C\CCCCCCCCCCCOC(=O)CCCCCCCCCCCCCC. The summed E-state index contributed by atoms with van der Waals surface area (Å²) in [5.74, 6) is -0.173. The van der Waals surface area contributed by atoms with Crippen molar-refractivity contribution in [2.24, 2.45) is 0 Å². The normalized spacial score (nSPS) is 18.4. The van der Waals surface area contributed by atoms with Gasteiger partial charge in [-0.05, 0) is 64.2 Å². The van der Waals surface area contributed by atoms with Crippen molar-refractivity contribution in [1.82, 2.24) is 5.32 Å². The van der Waals surface area contributed by atoms with E-state index in [0.29, 0.717) is 19.4 Å². The average Bonchev–Trinajstić information content (AvgIpc) is 3.68. The van der Waals surface area contributed by atoms with Gasteiger partial charge in [0, 0.05) is 12.8 Å². The first-order valence-corrected chi connectivity index (χ1v) is 35.3. The minimum atomic E-state index is -1.57. The lowest BCUT2D eigenvalue weighted by Gasteiger charge is -2.40. The number of amides is 1. The van der Waals surface area contributed by atoms with Gasteiger partial charge in [0.25, 0.3) is 0 Å². The Labute approximate surface area is 504 Å². The number of aliphatic hydroxyl groups excluding tert-OH is 5. The lowest BCUT2D eigenvalue weighted by Crippen LogP contribution is -2.60. The number of esters is 1. The van der Waals surface area contributed by atoms with Crippen molar-refractivity contribution < 1.29 is 49.3 Å². The first-order chi connectivity index (χ1) is 40.2. The first-order valence-electron chi connectivity index (χ1n) is 35.3. The van der Waals surface area contributed by atoms with E-state index in [1.807, 2.05) is 6.08 Å². The van der Waals surface area contributed by atoms with Crippen LogP contribution in [0.5, 0.6) is 0 Å². The molecule has 0 saturated carbocycles. The molecule has 11 nitrogen and oxygen atoms in total. The maximum atomic E-state index is 13.0. The van der Waals surface area contributed by atoms with Crippen LogP contribution in [0, 0.1) is 0 Å². The Hall–Kier alpha value is -2.12. The van der Waals surface area contributed by atoms with Crippen LogP contribution in [0.3, 0.4) is 0 Å². The fourth-order valence-corrected chi connectivity index (χ4v) is 11.2. The summed E-state index contributed by atoms with van der Waals surface area (Å²) in [6.45, 7) is 4.34. The zero-order chi connectivity index (χ0) is 59.5. The van der Waals surface area contributed by atoms with Gasteiger partial charge >= 0.3 is 5.97 Å². The zero-order valence-electron chi connectivity index (χ0n) is 53.5. The highest BCUT2D eigenvalue weighted by Gasteiger charge is 2.44. The molecule has 1 fully saturated rings. The van der Waals surface area contributed by atoms with E-state index in [1.54, 1.807) is 6.08 Å². The maximum absolute atomic E-state index is 13.0. The summed E-state index contributed by atoms with van der Waals surface area (Å²) in [7, 11) is 0. The number of unbranched alkanes of at least 4 members (excludes halogenated alkanes) is 44. The molecule has 6 N–H and O–H groups in total. The Kier molecular flexibility index (Phi) is 57.5. The lowest BCUT2D eigenvalue weighted by molar-refractivity contribution is -0.302. The molecule has 0 aliphatic carbocycles. The highest BCUT2D eigenvalue weighted by Crippen LogP contribution is 2.23. The molecule has 0 aromatic carbocycles. The number of carbonyl (C=O) groups is 2. The molecule has 11 heteroatoms. The van der Waals surface area contributed by atoms with E-state index in [1.165, 1.54) is 257 Å². The smallest absolute Gasteiger partial charge is 0.305 e. The van der Waals surface area contributed by atoms with Gasteiger partial charge in [0.2, 0.25) is 5.91 Å². The molecule has 1 saturated heterocycles. The molecule has 7 unspecified atom stereocenters. The van der Waals surface area contributed by atoms with Gasteiger partial charge < -0.3 is 45.1 Å². The van der Waals surface area contributed by atoms with Crippen LogP contribution in [0.25, 0.3) is 0 Å². The van der Waals surface area contributed by atoms with Crippen molar-refractivity contribution in [1.29, 1.82) is 0 Å². The van der Waals surface area contributed by atoms with Crippen molar-refractivity contribution >= 4 is 11.9 Å². The lowest BCUT2D eigenvalue weighted by atomic mass is 9.99. The summed E-state index contributed by atoms with van der Waals surface area (Å²) in [4.78, 5) is 25.0. The molecule has 7 atom stereocenters. The highest BCUT2D eigenvalue weighted by atomic mass is 16.7. The second kappa shape index (κ2) is 60.6. The van der Waals surface area contributed by atoms with Crippen molar-refractivity contribution in [3.05, 3.63) is 36.5 Å². The van der Waals surface area contributed by atoms with E-state index in [2.05, 4.69) is 43.5 Å². The zero-order valence-corrected chi connectivity index (χ0v) is 53.5. The van der Waals surface area contributed by atoms with Crippen LogP contribution in [0.4, 0.5) is 0 Å². The topological polar surface area (TPSA) is 175 Å². The third-order valence-electron chi connectivity index (χ3n) is 16.7. The van der Waals surface area contributed by atoms with E-state index in [4.69, 9.17) is 14.2 Å². The molecule has 1 rings (SSSR count).